The van der Waals surface area contributed by atoms with Gasteiger partial charge in [0.05, 0.1) is 12.2 Å². The molecule has 0 spiro atoms. The van der Waals surface area contributed by atoms with Crippen LogP contribution in [0.3, 0.4) is 0 Å². The van der Waals surface area contributed by atoms with Gasteiger partial charge in [0.1, 0.15) is 0 Å². The standard InChI is InChI=1S/C14H28O2S/c1-13(2,15-3)9-10-16-11-14(12-17)7-5-4-6-8-14/h17H,4-12H2,1-3H3. The first-order valence-electron chi connectivity index (χ1n) is 6.77. The van der Waals surface area contributed by atoms with Crippen LogP contribution < -0.4 is 0 Å². The third kappa shape index (κ3) is 5.19. The van der Waals surface area contributed by atoms with Gasteiger partial charge in [-0.15, -0.1) is 0 Å². The molecule has 0 aromatic rings. The van der Waals surface area contributed by atoms with Gasteiger partial charge in [0.15, 0.2) is 0 Å². The predicted molar refractivity (Wildman–Crippen MR) is 75.9 cm³/mol. The third-order valence-corrected chi connectivity index (χ3v) is 4.73. The molecule has 0 aromatic heterocycles. The van der Waals surface area contributed by atoms with Gasteiger partial charge in [-0.05, 0) is 38.9 Å². The minimum atomic E-state index is -0.0688. The highest BCUT2D eigenvalue weighted by atomic mass is 32.1. The highest BCUT2D eigenvalue weighted by molar-refractivity contribution is 7.80. The molecule has 102 valence electrons. The molecule has 0 radical (unpaired) electrons. The molecule has 1 saturated carbocycles. The molecule has 1 fully saturated rings. The van der Waals surface area contributed by atoms with Crippen LogP contribution in [0, 0.1) is 5.41 Å². The minimum absolute atomic E-state index is 0.0688. The summed E-state index contributed by atoms with van der Waals surface area (Å²) < 4.78 is 11.3. The Morgan fingerprint density at radius 3 is 2.35 bits per heavy atom. The average Bonchev–Trinajstić information content (AvgIpc) is 2.36. The van der Waals surface area contributed by atoms with Crippen molar-refractivity contribution in [3.8, 4) is 0 Å². The number of rotatable bonds is 7. The fourth-order valence-electron chi connectivity index (χ4n) is 2.36. The van der Waals surface area contributed by atoms with Crippen molar-refractivity contribution in [3.63, 3.8) is 0 Å². The van der Waals surface area contributed by atoms with Gasteiger partial charge in [-0.1, -0.05) is 19.3 Å². The van der Waals surface area contributed by atoms with Crippen LogP contribution in [0.25, 0.3) is 0 Å². The summed E-state index contributed by atoms with van der Waals surface area (Å²) >= 11 is 4.52. The lowest BCUT2D eigenvalue weighted by Gasteiger charge is -2.36. The molecule has 0 bridgehead atoms. The number of methoxy groups -OCH3 is 1. The molecule has 0 heterocycles. The molecule has 1 aliphatic rings. The SMILES string of the molecule is COC(C)(C)CCOCC1(CS)CCCCC1. The quantitative estimate of drug-likeness (QED) is 0.556. The number of ether oxygens (including phenoxy) is 2. The van der Waals surface area contributed by atoms with Crippen LogP contribution in [0.1, 0.15) is 52.4 Å². The molecular weight excluding hydrogens is 232 g/mol. The van der Waals surface area contributed by atoms with E-state index in [-0.39, 0.29) is 5.60 Å². The second-order valence-corrected chi connectivity index (χ2v) is 6.30. The van der Waals surface area contributed by atoms with Gasteiger partial charge >= 0.3 is 0 Å². The van der Waals surface area contributed by atoms with Crippen molar-refractivity contribution in [3.05, 3.63) is 0 Å². The minimum Gasteiger partial charge on any atom is -0.381 e. The summed E-state index contributed by atoms with van der Waals surface area (Å²) in [6.07, 6.45) is 7.58. The maximum absolute atomic E-state index is 5.88. The zero-order chi connectivity index (χ0) is 12.8. The van der Waals surface area contributed by atoms with E-state index < -0.39 is 0 Å². The Labute approximate surface area is 112 Å². The first-order valence-corrected chi connectivity index (χ1v) is 7.41. The van der Waals surface area contributed by atoms with Crippen molar-refractivity contribution in [2.24, 2.45) is 5.41 Å². The van der Waals surface area contributed by atoms with Crippen LogP contribution in [0.4, 0.5) is 0 Å². The lowest BCUT2D eigenvalue weighted by atomic mass is 9.76. The van der Waals surface area contributed by atoms with Crippen molar-refractivity contribution in [1.82, 2.24) is 0 Å². The monoisotopic (exact) mass is 260 g/mol. The first-order chi connectivity index (χ1) is 8.04. The molecule has 0 amide bonds. The van der Waals surface area contributed by atoms with E-state index in [4.69, 9.17) is 9.47 Å². The summed E-state index contributed by atoms with van der Waals surface area (Å²) in [6, 6.07) is 0. The molecule has 17 heavy (non-hydrogen) atoms. The largest absolute Gasteiger partial charge is 0.381 e. The Morgan fingerprint density at radius 2 is 1.82 bits per heavy atom. The maximum atomic E-state index is 5.88. The summed E-state index contributed by atoms with van der Waals surface area (Å²) in [5, 5.41) is 0. The second kappa shape index (κ2) is 7.01. The maximum Gasteiger partial charge on any atom is 0.0644 e. The predicted octanol–water partition coefficient (Wildman–Crippen LogP) is 3.70. The second-order valence-electron chi connectivity index (χ2n) is 5.99. The van der Waals surface area contributed by atoms with Gasteiger partial charge in [0.2, 0.25) is 0 Å². The molecule has 0 atom stereocenters. The zero-order valence-corrected chi connectivity index (χ0v) is 12.5. The molecule has 0 aromatic carbocycles. The van der Waals surface area contributed by atoms with E-state index in [1.807, 2.05) is 0 Å². The summed E-state index contributed by atoms with van der Waals surface area (Å²) in [6.45, 7) is 5.86. The number of hydrogen-bond acceptors (Lipinski definition) is 3. The van der Waals surface area contributed by atoms with Crippen LogP contribution in [0.5, 0.6) is 0 Å². The summed E-state index contributed by atoms with van der Waals surface area (Å²) in [4.78, 5) is 0. The van der Waals surface area contributed by atoms with Crippen LogP contribution in [-0.4, -0.2) is 31.7 Å². The zero-order valence-electron chi connectivity index (χ0n) is 11.6. The first kappa shape index (κ1) is 15.3. The van der Waals surface area contributed by atoms with E-state index in [9.17, 15) is 0 Å². The molecule has 1 rings (SSSR count). The Morgan fingerprint density at radius 1 is 1.18 bits per heavy atom. The molecule has 3 heteroatoms. The van der Waals surface area contributed by atoms with Crippen LogP contribution in [-0.2, 0) is 9.47 Å². The highest BCUT2D eigenvalue weighted by Gasteiger charge is 2.31. The molecule has 0 saturated heterocycles. The van der Waals surface area contributed by atoms with E-state index >= 15 is 0 Å². The fraction of sp³-hybridized carbons (Fsp3) is 1.00. The molecule has 1 aliphatic carbocycles. The summed E-state index contributed by atoms with van der Waals surface area (Å²) in [7, 11) is 1.76. The Hall–Kier alpha value is 0.270. The Balaban J connectivity index is 2.24. The molecule has 2 nitrogen and oxygen atoms in total. The topological polar surface area (TPSA) is 18.5 Å². The van der Waals surface area contributed by atoms with Crippen LogP contribution in [0.2, 0.25) is 0 Å². The molecular formula is C14H28O2S. The van der Waals surface area contributed by atoms with Crippen molar-refractivity contribution < 1.29 is 9.47 Å². The van der Waals surface area contributed by atoms with Gasteiger partial charge in [-0.3, -0.25) is 0 Å². The van der Waals surface area contributed by atoms with Gasteiger partial charge in [-0.25, -0.2) is 0 Å². The van der Waals surface area contributed by atoms with Crippen molar-refractivity contribution >= 4 is 12.6 Å². The van der Waals surface area contributed by atoms with E-state index in [0.717, 1.165) is 25.4 Å². The lowest BCUT2D eigenvalue weighted by Crippen LogP contribution is -2.33. The Bertz CT molecular complexity index is 210. The summed E-state index contributed by atoms with van der Waals surface area (Å²) in [5.74, 6) is 0.959. The van der Waals surface area contributed by atoms with E-state index in [1.54, 1.807) is 7.11 Å². The van der Waals surface area contributed by atoms with Gasteiger partial charge in [0, 0.05) is 19.1 Å². The average molecular weight is 260 g/mol. The normalized spacial score (nSPS) is 20.5. The smallest absolute Gasteiger partial charge is 0.0644 e. The lowest BCUT2D eigenvalue weighted by molar-refractivity contribution is -0.0271. The van der Waals surface area contributed by atoms with Gasteiger partial charge in [-0.2, -0.15) is 12.6 Å². The molecule has 0 N–H and O–H groups in total. The van der Waals surface area contributed by atoms with Crippen LogP contribution >= 0.6 is 12.6 Å². The van der Waals surface area contributed by atoms with Gasteiger partial charge < -0.3 is 9.47 Å². The van der Waals surface area contributed by atoms with Crippen molar-refractivity contribution in [2.45, 2.75) is 58.0 Å². The number of thiol groups is 1. The third-order valence-electron chi connectivity index (χ3n) is 4.06. The Kier molecular flexibility index (Phi) is 6.32. The number of hydrogen-bond donors (Lipinski definition) is 1. The fourth-order valence-corrected chi connectivity index (χ4v) is 2.77. The summed E-state index contributed by atoms with van der Waals surface area (Å²) in [5.41, 5.74) is 0.277. The van der Waals surface area contributed by atoms with Crippen molar-refractivity contribution in [1.29, 1.82) is 0 Å². The van der Waals surface area contributed by atoms with Crippen molar-refractivity contribution in [2.75, 3.05) is 26.1 Å². The molecule has 0 aliphatic heterocycles. The van der Waals surface area contributed by atoms with E-state index in [2.05, 4.69) is 26.5 Å². The van der Waals surface area contributed by atoms with E-state index in [1.165, 1.54) is 32.1 Å². The van der Waals surface area contributed by atoms with E-state index in [0.29, 0.717) is 5.41 Å². The highest BCUT2D eigenvalue weighted by Crippen LogP contribution is 2.37. The van der Waals surface area contributed by atoms with Gasteiger partial charge in [0.25, 0.3) is 0 Å². The molecule has 0 unspecified atom stereocenters. The van der Waals surface area contributed by atoms with Crippen LogP contribution in [0.15, 0.2) is 0 Å².